The first kappa shape index (κ1) is 14.1. The lowest BCUT2D eigenvalue weighted by Gasteiger charge is -2.07. The van der Waals surface area contributed by atoms with E-state index in [1.165, 1.54) is 12.1 Å². The number of carbonyl (C=O) groups excluding carboxylic acids is 1. The molecule has 0 radical (unpaired) electrons. The highest BCUT2D eigenvalue weighted by molar-refractivity contribution is 5.74. The molecule has 1 aromatic carbocycles. The van der Waals surface area contributed by atoms with E-state index in [2.05, 4.69) is 15.7 Å². The van der Waals surface area contributed by atoms with Crippen LogP contribution in [0.25, 0.3) is 5.52 Å². The predicted octanol–water partition coefficient (Wildman–Crippen LogP) is 2.47. The third-order valence-electron chi connectivity index (χ3n) is 3.31. The van der Waals surface area contributed by atoms with E-state index >= 15 is 0 Å². The molecular formula is C16H15FN4O. The van der Waals surface area contributed by atoms with Gasteiger partial charge in [-0.1, -0.05) is 18.2 Å². The van der Waals surface area contributed by atoms with Crippen LogP contribution in [0.3, 0.4) is 0 Å². The Kier molecular flexibility index (Phi) is 4.00. The molecule has 0 atom stereocenters. The van der Waals surface area contributed by atoms with Crippen molar-refractivity contribution in [3.63, 3.8) is 0 Å². The van der Waals surface area contributed by atoms with Gasteiger partial charge in [0, 0.05) is 24.8 Å². The summed E-state index contributed by atoms with van der Waals surface area (Å²) in [7, 11) is 0. The summed E-state index contributed by atoms with van der Waals surface area (Å²) >= 11 is 0. The van der Waals surface area contributed by atoms with E-state index in [4.69, 9.17) is 0 Å². The SMILES string of the molecule is O=C(NCc1ccc(F)cc1)NCc1cnn2ccccc12. The van der Waals surface area contributed by atoms with E-state index in [0.29, 0.717) is 13.1 Å². The minimum atomic E-state index is -0.290. The summed E-state index contributed by atoms with van der Waals surface area (Å²) in [6.45, 7) is 0.740. The summed E-state index contributed by atoms with van der Waals surface area (Å²) < 4.78 is 14.5. The Balaban J connectivity index is 1.53. The van der Waals surface area contributed by atoms with Crippen molar-refractivity contribution in [3.05, 3.63) is 71.8 Å². The number of hydrogen-bond acceptors (Lipinski definition) is 2. The first-order chi connectivity index (χ1) is 10.7. The standard InChI is InChI=1S/C16H15FN4O/c17-14-6-4-12(5-7-14)9-18-16(22)19-10-13-11-20-21-8-2-1-3-15(13)21/h1-8,11H,9-10H2,(H2,18,19,22). The Hall–Kier alpha value is -2.89. The van der Waals surface area contributed by atoms with Crippen LogP contribution in [0.1, 0.15) is 11.1 Å². The normalized spacial score (nSPS) is 10.6. The van der Waals surface area contributed by atoms with Crippen molar-refractivity contribution in [2.24, 2.45) is 0 Å². The molecule has 2 aromatic heterocycles. The van der Waals surface area contributed by atoms with Gasteiger partial charge in [-0.2, -0.15) is 5.10 Å². The minimum Gasteiger partial charge on any atom is -0.334 e. The largest absolute Gasteiger partial charge is 0.334 e. The number of carbonyl (C=O) groups is 1. The van der Waals surface area contributed by atoms with Gasteiger partial charge in [-0.15, -0.1) is 0 Å². The molecule has 2 heterocycles. The number of nitrogens with zero attached hydrogens (tertiary/aromatic N) is 2. The van der Waals surface area contributed by atoms with Crippen LogP contribution in [0.5, 0.6) is 0 Å². The fraction of sp³-hybridized carbons (Fsp3) is 0.125. The van der Waals surface area contributed by atoms with E-state index in [1.807, 2.05) is 24.4 Å². The monoisotopic (exact) mass is 298 g/mol. The smallest absolute Gasteiger partial charge is 0.315 e. The highest BCUT2D eigenvalue weighted by atomic mass is 19.1. The Morgan fingerprint density at radius 1 is 1.09 bits per heavy atom. The molecule has 3 aromatic rings. The number of fused-ring (bicyclic) bond motifs is 1. The maximum atomic E-state index is 12.8. The summed E-state index contributed by atoms with van der Waals surface area (Å²) in [6.07, 6.45) is 3.59. The molecule has 0 aliphatic carbocycles. The van der Waals surface area contributed by atoms with Gasteiger partial charge < -0.3 is 10.6 Å². The fourth-order valence-electron chi connectivity index (χ4n) is 2.15. The second-order valence-corrected chi connectivity index (χ2v) is 4.86. The van der Waals surface area contributed by atoms with E-state index in [9.17, 15) is 9.18 Å². The van der Waals surface area contributed by atoms with Crippen molar-refractivity contribution in [1.82, 2.24) is 20.2 Å². The summed E-state index contributed by atoms with van der Waals surface area (Å²) in [6, 6.07) is 11.5. The van der Waals surface area contributed by atoms with Crippen LogP contribution in [-0.2, 0) is 13.1 Å². The zero-order chi connectivity index (χ0) is 15.4. The second-order valence-electron chi connectivity index (χ2n) is 4.86. The number of amides is 2. The molecule has 112 valence electrons. The number of aromatic nitrogens is 2. The molecule has 0 aliphatic heterocycles. The van der Waals surface area contributed by atoms with E-state index < -0.39 is 0 Å². The lowest BCUT2D eigenvalue weighted by Crippen LogP contribution is -2.34. The van der Waals surface area contributed by atoms with Crippen LogP contribution in [0.15, 0.2) is 54.9 Å². The molecule has 0 saturated carbocycles. The minimum absolute atomic E-state index is 0.278. The number of pyridine rings is 1. The number of urea groups is 1. The number of hydrogen-bond donors (Lipinski definition) is 2. The highest BCUT2D eigenvalue weighted by Gasteiger charge is 2.05. The Labute approximate surface area is 126 Å². The van der Waals surface area contributed by atoms with Crippen molar-refractivity contribution in [1.29, 1.82) is 0 Å². The molecular weight excluding hydrogens is 283 g/mol. The van der Waals surface area contributed by atoms with Crippen LogP contribution >= 0.6 is 0 Å². The topological polar surface area (TPSA) is 58.4 Å². The zero-order valence-corrected chi connectivity index (χ0v) is 11.8. The van der Waals surface area contributed by atoms with Gasteiger partial charge in [-0.25, -0.2) is 13.7 Å². The van der Waals surface area contributed by atoms with Gasteiger partial charge in [0.05, 0.1) is 11.7 Å². The van der Waals surface area contributed by atoms with Gasteiger partial charge in [0.15, 0.2) is 0 Å². The average Bonchev–Trinajstić information content (AvgIpc) is 2.96. The van der Waals surface area contributed by atoms with E-state index in [-0.39, 0.29) is 11.8 Å². The van der Waals surface area contributed by atoms with E-state index in [1.54, 1.807) is 22.8 Å². The molecule has 0 fully saturated rings. The number of rotatable bonds is 4. The quantitative estimate of drug-likeness (QED) is 0.777. The Morgan fingerprint density at radius 2 is 1.86 bits per heavy atom. The van der Waals surface area contributed by atoms with Crippen LogP contribution in [0.2, 0.25) is 0 Å². The summed E-state index contributed by atoms with van der Waals surface area (Å²) in [5.74, 6) is -0.290. The molecule has 2 amide bonds. The molecule has 0 unspecified atom stereocenters. The van der Waals surface area contributed by atoms with E-state index in [0.717, 1.165) is 16.6 Å². The number of halogens is 1. The molecule has 0 spiro atoms. The van der Waals surface area contributed by atoms with Gasteiger partial charge in [0.1, 0.15) is 5.82 Å². The highest BCUT2D eigenvalue weighted by Crippen LogP contribution is 2.09. The van der Waals surface area contributed by atoms with Crippen LogP contribution < -0.4 is 10.6 Å². The predicted molar refractivity (Wildman–Crippen MR) is 80.7 cm³/mol. The first-order valence-corrected chi connectivity index (χ1v) is 6.90. The van der Waals surface area contributed by atoms with Gasteiger partial charge in [-0.05, 0) is 29.8 Å². The van der Waals surface area contributed by atoms with Crippen LogP contribution in [0.4, 0.5) is 9.18 Å². The average molecular weight is 298 g/mol. The van der Waals surface area contributed by atoms with Crippen LogP contribution in [-0.4, -0.2) is 15.6 Å². The maximum Gasteiger partial charge on any atom is 0.315 e. The second kappa shape index (κ2) is 6.26. The number of nitrogens with one attached hydrogen (secondary N) is 2. The third kappa shape index (κ3) is 3.22. The van der Waals surface area contributed by atoms with Gasteiger partial charge in [0.2, 0.25) is 0 Å². The van der Waals surface area contributed by atoms with Gasteiger partial charge >= 0.3 is 6.03 Å². The number of benzene rings is 1. The molecule has 22 heavy (non-hydrogen) atoms. The zero-order valence-electron chi connectivity index (χ0n) is 11.8. The molecule has 3 rings (SSSR count). The van der Waals surface area contributed by atoms with Crippen molar-refractivity contribution in [2.75, 3.05) is 0 Å². The summed E-state index contributed by atoms with van der Waals surface area (Å²) in [5.41, 5.74) is 2.74. The van der Waals surface area contributed by atoms with Crippen molar-refractivity contribution in [3.8, 4) is 0 Å². The van der Waals surface area contributed by atoms with Crippen molar-refractivity contribution >= 4 is 11.5 Å². The molecule has 0 saturated heterocycles. The summed E-state index contributed by atoms with van der Waals surface area (Å²) in [5, 5.41) is 9.72. The Morgan fingerprint density at radius 3 is 2.68 bits per heavy atom. The fourth-order valence-corrected chi connectivity index (χ4v) is 2.15. The molecule has 0 aliphatic rings. The maximum absolute atomic E-state index is 12.8. The third-order valence-corrected chi connectivity index (χ3v) is 3.31. The first-order valence-electron chi connectivity index (χ1n) is 6.90. The van der Waals surface area contributed by atoms with Gasteiger partial charge in [0.25, 0.3) is 0 Å². The molecule has 2 N–H and O–H groups in total. The van der Waals surface area contributed by atoms with Gasteiger partial charge in [-0.3, -0.25) is 0 Å². The van der Waals surface area contributed by atoms with Crippen LogP contribution in [0, 0.1) is 5.82 Å². The summed E-state index contributed by atoms with van der Waals surface area (Å²) in [4.78, 5) is 11.8. The Bertz CT molecular complexity index is 782. The molecule has 6 heteroatoms. The lowest BCUT2D eigenvalue weighted by atomic mass is 10.2. The molecule has 0 bridgehead atoms. The molecule has 5 nitrogen and oxygen atoms in total. The lowest BCUT2D eigenvalue weighted by molar-refractivity contribution is 0.240. The van der Waals surface area contributed by atoms with Crippen molar-refractivity contribution < 1.29 is 9.18 Å². The van der Waals surface area contributed by atoms with Crippen molar-refractivity contribution in [2.45, 2.75) is 13.1 Å².